The van der Waals surface area contributed by atoms with E-state index in [0.29, 0.717) is 22.7 Å². The number of methoxy groups -OCH3 is 1. The quantitative estimate of drug-likeness (QED) is 0.377. The SMILES string of the molecule is COc1ccc(C(=O)Oc2ccc(C=Nc3ccc(F)cc3)cc2)cc1. The van der Waals surface area contributed by atoms with Gasteiger partial charge in [0.15, 0.2) is 0 Å². The van der Waals surface area contributed by atoms with E-state index in [2.05, 4.69) is 4.99 Å². The molecule has 3 rings (SSSR count). The Labute approximate surface area is 150 Å². The number of halogens is 1. The highest BCUT2D eigenvalue weighted by molar-refractivity contribution is 5.91. The van der Waals surface area contributed by atoms with Crippen LogP contribution in [0.5, 0.6) is 11.5 Å². The molecule has 0 saturated carbocycles. The van der Waals surface area contributed by atoms with Gasteiger partial charge in [-0.15, -0.1) is 0 Å². The van der Waals surface area contributed by atoms with E-state index in [1.54, 1.807) is 74.0 Å². The summed E-state index contributed by atoms with van der Waals surface area (Å²) in [6, 6.07) is 19.5. The van der Waals surface area contributed by atoms with Crippen LogP contribution >= 0.6 is 0 Å². The zero-order valence-corrected chi connectivity index (χ0v) is 14.1. The van der Waals surface area contributed by atoms with Gasteiger partial charge in [-0.25, -0.2) is 9.18 Å². The molecule has 26 heavy (non-hydrogen) atoms. The van der Waals surface area contributed by atoms with Crippen LogP contribution in [-0.4, -0.2) is 19.3 Å². The molecule has 0 heterocycles. The molecule has 0 unspecified atom stereocenters. The fraction of sp³-hybridized carbons (Fsp3) is 0.0476. The van der Waals surface area contributed by atoms with Gasteiger partial charge in [0.1, 0.15) is 17.3 Å². The molecule has 3 aromatic carbocycles. The van der Waals surface area contributed by atoms with Crippen LogP contribution in [0.4, 0.5) is 10.1 Å². The minimum absolute atomic E-state index is 0.299. The van der Waals surface area contributed by atoms with Crippen LogP contribution in [0.25, 0.3) is 0 Å². The average molecular weight is 349 g/mol. The highest BCUT2D eigenvalue weighted by atomic mass is 19.1. The summed E-state index contributed by atoms with van der Waals surface area (Å²) in [5.41, 5.74) is 1.92. The third-order valence-electron chi connectivity index (χ3n) is 3.61. The van der Waals surface area contributed by atoms with E-state index < -0.39 is 5.97 Å². The molecule has 0 saturated heterocycles. The van der Waals surface area contributed by atoms with Crippen LogP contribution in [0.3, 0.4) is 0 Å². The zero-order valence-electron chi connectivity index (χ0n) is 14.1. The predicted molar refractivity (Wildman–Crippen MR) is 98.0 cm³/mol. The summed E-state index contributed by atoms with van der Waals surface area (Å²) >= 11 is 0. The highest BCUT2D eigenvalue weighted by Gasteiger charge is 2.08. The first-order valence-corrected chi connectivity index (χ1v) is 7.90. The van der Waals surface area contributed by atoms with Crippen LogP contribution in [0.2, 0.25) is 0 Å². The van der Waals surface area contributed by atoms with Gasteiger partial charge in [-0.05, 0) is 78.4 Å². The first-order valence-electron chi connectivity index (χ1n) is 7.90. The molecule has 0 aliphatic heterocycles. The Morgan fingerprint density at radius 1 is 0.885 bits per heavy atom. The third-order valence-corrected chi connectivity index (χ3v) is 3.61. The van der Waals surface area contributed by atoms with Crippen LogP contribution in [-0.2, 0) is 0 Å². The van der Waals surface area contributed by atoms with Gasteiger partial charge in [0.25, 0.3) is 0 Å². The van der Waals surface area contributed by atoms with E-state index >= 15 is 0 Å². The van der Waals surface area contributed by atoms with Crippen molar-refractivity contribution in [2.45, 2.75) is 0 Å². The molecule has 0 spiro atoms. The third kappa shape index (κ3) is 4.54. The lowest BCUT2D eigenvalue weighted by atomic mass is 10.2. The van der Waals surface area contributed by atoms with E-state index in [0.717, 1.165) is 5.56 Å². The summed E-state index contributed by atoms with van der Waals surface area (Å²) in [4.78, 5) is 16.4. The molecule has 0 bridgehead atoms. The van der Waals surface area contributed by atoms with Gasteiger partial charge in [-0.3, -0.25) is 4.99 Å². The normalized spacial score (nSPS) is 10.7. The summed E-state index contributed by atoms with van der Waals surface area (Å²) in [7, 11) is 1.56. The van der Waals surface area contributed by atoms with Crippen molar-refractivity contribution in [3.8, 4) is 11.5 Å². The largest absolute Gasteiger partial charge is 0.497 e. The van der Waals surface area contributed by atoms with Gasteiger partial charge >= 0.3 is 5.97 Å². The lowest BCUT2D eigenvalue weighted by Crippen LogP contribution is -2.08. The molecule has 4 nitrogen and oxygen atoms in total. The number of carbonyl (C=O) groups is 1. The second-order valence-electron chi connectivity index (χ2n) is 5.42. The smallest absolute Gasteiger partial charge is 0.343 e. The molecule has 0 amide bonds. The number of benzene rings is 3. The van der Waals surface area contributed by atoms with E-state index in [1.165, 1.54) is 12.1 Å². The average Bonchev–Trinajstić information content (AvgIpc) is 2.68. The Hall–Kier alpha value is -3.47. The Kier molecular flexibility index (Phi) is 5.39. The van der Waals surface area contributed by atoms with Crippen molar-refractivity contribution in [2.24, 2.45) is 4.99 Å². The minimum atomic E-state index is -0.444. The lowest BCUT2D eigenvalue weighted by Gasteiger charge is -2.05. The standard InChI is InChI=1S/C21H16FNO3/c1-25-19-12-4-16(5-13-19)21(24)26-20-10-2-15(3-11-20)14-23-18-8-6-17(22)7-9-18/h2-14H,1H3. The molecule has 0 fully saturated rings. The van der Waals surface area contributed by atoms with Crippen molar-refractivity contribution in [1.29, 1.82) is 0 Å². The van der Waals surface area contributed by atoms with E-state index in [9.17, 15) is 9.18 Å². The number of hydrogen-bond donors (Lipinski definition) is 0. The van der Waals surface area contributed by atoms with Gasteiger partial charge in [0, 0.05) is 6.21 Å². The van der Waals surface area contributed by atoms with Crippen LogP contribution in [0.1, 0.15) is 15.9 Å². The summed E-state index contributed by atoms with van der Waals surface area (Å²) in [5.74, 6) is 0.364. The molecule has 130 valence electrons. The second-order valence-corrected chi connectivity index (χ2v) is 5.42. The molecule has 0 aliphatic carbocycles. The van der Waals surface area contributed by atoms with Gasteiger partial charge in [-0.1, -0.05) is 0 Å². The van der Waals surface area contributed by atoms with Crippen LogP contribution < -0.4 is 9.47 Å². The Morgan fingerprint density at radius 2 is 1.50 bits per heavy atom. The van der Waals surface area contributed by atoms with Crippen molar-refractivity contribution in [3.05, 3.63) is 89.7 Å². The maximum absolute atomic E-state index is 12.9. The summed E-state index contributed by atoms with van der Waals surface area (Å²) in [6.07, 6.45) is 1.66. The molecule has 0 aliphatic rings. The first kappa shape index (κ1) is 17.4. The molecule has 0 N–H and O–H groups in total. The molecule has 5 heteroatoms. The number of rotatable bonds is 5. The van der Waals surface area contributed by atoms with E-state index in [1.807, 2.05) is 0 Å². The van der Waals surface area contributed by atoms with E-state index in [-0.39, 0.29) is 5.82 Å². The molecular formula is C21H16FNO3. The van der Waals surface area contributed by atoms with Crippen molar-refractivity contribution in [2.75, 3.05) is 7.11 Å². The highest BCUT2D eigenvalue weighted by Crippen LogP contribution is 2.17. The number of aliphatic imine (C=N–C) groups is 1. The van der Waals surface area contributed by atoms with Crippen molar-refractivity contribution in [3.63, 3.8) is 0 Å². The molecule has 0 radical (unpaired) electrons. The first-order chi connectivity index (χ1) is 12.6. The maximum atomic E-state index is 12.9. The maximum Gasteiger partial charge on any atom is 0.343 e. The molecule has 3 aromatic rings. The van der Waals surface area contributed by atoms with Gasteiger partial charge in [0.05, 0.1) is 18.4 Å². The number of carbonyl (C=O) groups excluding carboxylic acids is 1. The summed E-state index contributed by atoms with van der Waals surface area (Å²) < 4.78 is 23.3. The van der Waals surface area contributed by atoms with Crippen LogP contribution in [0.15, 0.2) is 77.8 Å². The Bertz CT molecular complexity index is 901. The summed E-state index contributed by atoms with van der Waals surface area (Å²) in [5, 5.41) is 0. The van der Waals surface area contributed by atoms with Crippen LogP contribution in [0, 0.1) is 5.82 Å². The minimum Gasteiger partial charge on any atom is -0.497 e. The Morgan fingerprint density at radius 3 is 2.12 bits per heavy atom. The summed E-state index contributed by atoms with van der Waals surface area (Å²) in [6.45, 7) is 0. The molecular weight excluding hydrogens is 333 g/mol. The van der Waals surface area contributed by atoms with Gasteiger partial charge < -0.3 is 9.47 Å². The second kappa shape index (κ2) is 8.07. The van der Waals surface area contributed by atoms with Crippen molar-refractivity contribution in [1.82, 2.24) is 0 Å². The molecule has 0 atom stereocenters. The zero-order chi connectivity index (χ0) is 18.4. The monoisotopic (exact) mass is 349 g/mol. The van der Waals surface area contributed by atoms with E-state index in [4.69, 9.17) is 9.47 Å². The predicted octanol–water partition coefficient (Wildman–Crippen LogP) is 4.80. The number of ether oxygens (including phenoxy) is 2. The Balaban J connectivity index is 1.63. The number of hydrogen-bond acceptors (Lipinski definition) is 4. The fourth-order valence-electron chi connectivity index (χ4n) is 2.19. The lowest BCUT2D eigenvalue weighted by molar-refractivity contribution is 0.0734. The number of esters is 1. The van der Waals surface area contributed by atoms with Gasteiger partial charge in [0.2, 0.25) is 0 Å². The van der Waals surface area contributed by atoms with Crippen molar-refractivity contribution >= 4 is 17.9 Å². The molecule has 0 aromatic heterocycles. The fourth-order valence-corrected chi connectivity index (χ4v) is 2.19. The van der Waals surface area contributed by atoms with Gasteiger partial charge in [-0.2, -0.15) is 0 Å². The van der Waals surface area contributed by atoms with Crippen molar-refractivity contribution < 1.29 is 18.7 Å². The topological polar surface area (TPSA) is 47.9 Å². The number of nitrogens with zero attached hydrogens (tertiary/aromatic N) is 1.